The van der Waals surface area contributed by atoms with Crippen molar-refractivity contribution in [3.8, 4) is 0 Å². The van der Waals surface area contributed by atoms with Gasteiger partial charge in [-0.25, -0.2) is 4.79 Å². The maximum atomic E-state index is 12.0. The van der Waals surface area contributed by atoms with Crippen molar-refractivity contribution in [3.63, 3.8) is 0 Å². The van der Waals surface area contributed by atoms with Crippen LogP contribution >= 0.6 is 0 Å². The van der Waals surface area contributed by atoms with Crippen LogP contribution in [0.25, 0.3) is 0 Å². The molecule has 0 heterocycles. The lowest BCUT2D eigenvalue weighted by atomic mass is 9.87. The van der Waals surface area contributed by atoms with Crippen molar-refractivity contribution in [1.82, 2.24) is 10.6 Å². The number of nitrogens with one attached hydrogen (secondary N) is 2. The first kappa shape index (κ1) is 18.6. The summed E-state index contributed by atoms with van der Waals surface area (Å²) >= 11 is 0. The van der Waals surface area contributed by atoms with Gasteiger partial charge in [0.25, 0.3) is 0 Å². The highest BCUT2D eigenvalue weighted by Gasteiger charge is 2.30. The highest BCUT2D eigenvalue weighted by molar-refractivity contribution is 5.67. The van der Waals surface area contributed by atoms with Gasteiger partial charge in [0.15, 0.2) is 0 Å². The minimum absolute atomic E-state index is 0.0703. The molecule has 2 N–H and O–H groups in total. The smallest absolute Gasteiger partial charge is 0.407 e. The van der Waals surface area contributed by atoms with Gasteiger partial charge in [0, 0.05) is 18.5 Å². The number of hydrogen-bond donors (Lipinski definition) is 2. The van der Waals surface area contributed by atoms with Crippen molar-refractivity contribution in [3.05, 3.63) is 35.9 Å². The molecule has 1 saturated carbocycles. The molecule has 0 aromatic heterocycles. The number of unbranched alkanes of at least 4 members (excludes halogenated alkanes) is 1. The number of rotatable bonds is 8. The molecule has 0 atom stereocenters. The molecule has 1 aliphatic rings. The van der Waals surface area contributed by atoms with E-state index in [1.165, 1.54) is 0 Å². The molecule has 2 rings (SSSR count). The van der Waals surface area contributed by atoms with E-state index in [1.807, 2.05) is 30.3 Å². The number of alkyl carbamates (subject to hydrolysis) is 1. The molecule has 1 fully saturated rings. The van der Waals surface area contributed by atoms with Gasteiger partial charge in [0.05, 0.1) is 0 Å². The molecule has 0 radical (unpaired) electrons. The van der Waals surface area contributed by atoms with Gasteiger partial charge in [-0.05, 0) is 37.8 Å². The van der Waals surface area contributed by atoms with E-state index in [9.17, 15) is 18.0 Å². The van der Waals surface area contributed by atoms with Crippen LogP contribution in [-0.4, -0.2) is 30.9 Å². The van der Waals surface area contributed by atoms with Crippen molar-refractivity contribution in [2.24, 2.45) is 0 Å². The number of ether oxygens (including phenoxy) is 1. The van der Waals surface area contributed by atoms with Crippen LogP contribution in [0.1, 0.15) is 37.7 Å². The molecule has 0 unspecified atom stereocenters. The zero-order valence-corrected chi connectivity index (χ0v) is 13.4. The zero-order valence-electron chi connectivity index (χ0n) is 13.4. The molecule has 0 spiro atoms. The maximum Gasteiger partial charge on any atom is 0.407 e. The lowest BCUT2D eigenvalue weighted by Crippen LogP contribution is -2.52. The van der Waals surface area contributed by atoms with E-state index < -0.39 is 18.7 Å². The second kappa shape index (κ2) is 8.92. The second-order valence-electron chi connectivity index (χ2n) is 6.10. The Kier molecular flexibility index (Phi) is 6.90. The molecule has 134 valence electrons. The van der Waals surface area contributed by atoms with Crippen molar-refractivity contribution in [2.75, 3.05) is 6.54 Å². The number of amides is 1. The van der Waals surface area contributed by atoms with Gasteiger partial charge in [-0.15, -0.1) is 0 Å². The fourth-order valence-corrected chi connectivity index (χ4v) is 2.59. The van der Waals surface area contributed by atoms with Crippen LogP contribution in [0.2, 0.25) is 0 Å². The fraction of sp³-hybridized carbons (Fsp3) is 0.588. The van der Waals surface area contributed by atoms with Crippen LogP contribution in [0.15, 0.2) is 30.3 Å². The summed E-state index contributed by atoms with van der Waals surface area (Å²) in [5.74, 6) is 0. The first-order valence-electron chi connectivity index (χ1n) is 8.20. The Hall–Kier alpha value is -1.76. The van der Waals surface area contributed by atoms with Crippen LogP contribution in [0.5, 0.6) is 0 Å². The van der Waals surface area contributed by atoms with E-state index in [4.69, 9.17) is 4.74 Å². The molecule has 1 amide bonds. The predicted octanol–water partition coefficient (Wildman–Crippen LogP) is 3.77. The highest BCUT2D eigenvalue weighted by Crippen LogP contribution is 2.23. The number of benzene rings is 1. The summed E-state index contributed by atoms with van der Waals surface area (Å²) in [5.41, 5.74) is 0.930. The van der Waals surface area contributed by atoms with Crippen LogP contribution in [-0.2, 0) is 11.3 Å². The minimum atomic E-state index is -4.06. The topological polar surface area (TPSA) is 50.4 Å². The number of alkyl halides is 3. The quantitative estimate of drug-likeness (QED) is 0.706. The Labute approximate surface area is 139 Å². The van der Waals surface area contributed by atoms with Gasteiger partial charge in [-0.3, -0.25) is 0 Å². The summed E-state index contributed by atoms with van der Waals surface area (Å²) in [6, 6.07) is 9.76. The third-order valence-electron chi connectivity index (χ3n) is 3.99. The summed E-state index contributed by atoms with van der Waals surface area (Å²) in [4.78, 5) is 11.7. The summed E-state index contributed by atoms with van der Waals surface area (Å²) < 4.78 is 41.1. The minimum Gasteiger partial charge on any atom is -0.445 e. The molecule has 4 nitrogen and oxygen atoms in total. The number of hydrogen-bond acceptors (Lipinski definition) is 3. The van der Waals surface area contributed by atoms with Gasteiger partial charge >= 0.3 is 12.3 Å². The number of halogens is 3. The van der Waals surface area contributed by atoms with Crippen LogP contribution in [0, 0.1) is 0 Å². The van der Waals surface area contributed by atoms with Gasteiger partial charge < -0.3 is 15.4 Å². The Bertz CT molecular complexity index is 502. The highest BCUT2D eigenvalue weighted by atomic mass is 19.4. The van der Waals surface area contributed by atoms with Crippen molar-refractivity contribution < 1.29 is 22.7 Å². The van der Waals surface area contributed by atoms with Gasteiger partial charge in [-0.2, -0.15) is 13.2 Å². The van der Waals surface area contributed by atoms with E-state index in [1.54, 1.807) is 0 Å². The Balaban J connectivity index is 1.48. The molecule has 0 aliphatic heterocycles. The van der Waals surface area contributed by atoms with Crippen LogP contribution in [0.3, 0.4) is 0 Å². The zero-order chi connectivity index (χ0) is 17.4. The summed E-state index contributed by atoms with van der Waals surface area (Å²) in [5, 5.41) is 6.00. The first-order valence-corrected chi connectivity index (χ1v) is 8.20. The SMILES string of the molecule is O=C(NC1CC(NCCCCC(F)(F)F)C1)OCc1ccccc1. The summed E-state index contributed by atoms with van der Waals surface area (Å²) in [6.07, 6.45) is -3.02. The number of carbonyl (C=O) groups is 1. The molecular formula is C17H23F3N2O2. The second-order valence-corrected chi connectivity index (χ2v) is 6.10. The molecule has 24 heavy (non-hydrogen) atoms. The third kappa shape index (κ3) is 7.21. The first-order chi connectivity index (χ1) is 11.4. The molecular weight excluding hydrogens is 321 g/mol. The molecule has 7 heteroatoms. The van der Waals surface area contributed by atoms with Gasteiger partial charge in [0.2, 0.25) is 0 Å². The fourth-order valence-electron chi connectivity index (χ4n) is 2.59. The predicted molar refractivity (Wildman–Crippen MR) is 84.5 cm³/mol. The Morgan fingerprint density at radius 1 is 1.12 bits per heavy atom. The maximum absolute atomic E-state index is 12.0. The monoisotopic (exact) mass is 344 g/mol. The normalized spacial score (nSPS) is 20.3. The third-order valence-corrected chi connectivity index (χ3v) is 3.99. The standard InChI is InChI=1S/C17H23F3N2O2/c18-17(19,20)8-4-5-9-21-14-10-15(11-14)22-16(23)24-12-13-6-2-1-3-7-13/h1-3,6-7,14-15,21H,4-5,8-12H2,(H,22,23). The van der Waals surface area contributed by atoms with Crippen LogP contribution in [0.4, 0.5) is 18.0 Å². The van der Waals surface area contributed by atoms with Crippen molar-refractivity contribution >= 4 is 6.09 Å². The summed E-state index contributed by atoms with van der Waals surface area (Å²) in [6.45, 7) is 0.812. The van der Waals surface area contributed by atoms with Crippen molar-refractivity contribution in [2.45, 2.75) is 57.0 Å². The molecule has 0 saturated heterocycles. The van der Waals surface area contributed by atoms with Gasteiger partial charge in [-0.1, -0.05) is 30.3 Å². The van der Waals surface area contributed by atoms with E-state index in [0.717, 1.165) is 18.4 Å². The molecule has 1 aliphatic carbocycles. The van der Waals surface area contributed by atoms with Crippen molar-refractivity contribution in [1.29, 1.82) is 0 Å². The van der Waals surface area contributed by atoms with E-state index in [-0.39, 0.29) is 25.1 Å². The molecule has 1 aromatic carbocycles. The largest absolute Gasteiger partial charge is 0.445 e. The molecule has 1 aromatic rings. The average molecular weight is 344 g/mol. The van der Waals surface area contributed by atoms with E-state index in [2.05, 4.69) is 10.6 Å². The average Bonchev–Trinajstić information content (AvgIpc) is 2.49. The van der Waals surface area contributed by atoms with E-state index in [0.29, 0.717) is 13.0 Å². The number of carbonyl (C=O) groups excluding carboxylic acids is 1. The van der Waals surface area contributed by atoms with Crippen LogP contribution < -0.4 is 10.6 Å². The lowest BCUT2D eigenvalue weighted by molar-refractivity contribution is -0.135. The lowest BCUT2D eigenvalue weighted by Gasteiger charge is -2.36. The van der Waals surface area contributed by atoms with Gasteiger partial charge in [0.1, 0.15) is 6.61 Å². The Morgan fingerprint density at radius 3 is 2.50 bits per heavy atom. The molecule has 0 bridgehead atoms. The summed E-state index contributed by atoms with van der Waals surface area (Å²) in [7, 11) is 0. The van der Waals surface area contributed by atoms with E-state index >= 15 is 0 Å². The Morgan fingerprint density at radius 2 is 1.83 bits per heavy atom.